The first kappa shape index (κ1) is 18.9. The number of hydrogen-bond acceptors (Lipinski definition) is 5. The molecule has 0 saturated heterocycles. The van der Waals surface area contributed by atoms with Gasteiger partial charge in [0.1, 0.15) is 18.2 Å². The van der Waals surface area contributed by atoms with Crippen LogP contribution < -0.4 is 10.5 Å². The predicted octanol–water partition coefficient (Wildman–Crippen LogP) is 1.07. The molecule has 0 aliphatic carbocycles. The van der Waals surface area contributed by atoms with Crippen molar-refractivity contribution in [1.82, 2.24) is 0 Å². The Bertz CT molecular complexity index is 531. The molecule has 20 heavy (non-hydrogen) atoms. The highest BCUT2D eigenvalue weighted by atomic mass is 35.5. The van der Waals surface area contributed by atoms with Crippen molar-refractivity contribution in [1.29, 1.82) is 0 Å². The van der Waals surface area contributed by atoms with Crippen LogP contribution in [0.2, 0.25) is 0 Å². The molecule has 0 saturated carbocycles. The van der Waals surface area contributed by atoms with Gasteiger partial charge >= 0.3 is 0 Å². The van der Waals surface area contributed by atoms with Crippen LogP contribution in [0.5, 0.6) is 5.75 Å². The smallest absolute Gasteiger partial charge is 0.180 e. The third kappa shape index (κ3) is 5.87. The Hall–Kier alpha value is -1.15. The summed E-state index contributed by atoms with van der Waals surface area (Å²) in [5, 5.41) is 8.65. The van der Waals surface area contributed by atoms with Gasteiger partial charge in [0.2, 0.25) is 0 Å². The second-order valence-corrected chi connectivity index (χ2v) is 5.80. The van der Waals surface area contributed by atoms with Crippen LogP contribution in [0.25, 0.3) is 0 Å². The maximum atomic E-state index is 13.0. The minimum Gasteiger partial charge on any atom is -0.487 e. The van der Waals surface area contributed by atoms with E-state index >= 15 is 0 Å². The third-order valence-electron chi connectivity index (χ3n) is 2.26. The minimum absolute atomic E-state index is 0. The van der Waals surface area contributed by atoms with Gasteiger partial charge in [-0.2, -0.15) is 0 Å². The molecule has 0 aliphatic rings. The van der Waals surface area contributed by atoms with E-state index in [0.29, 0.717) is 5.75 Å². The Morgan fingerprint density at radius 1 is 1.35 bits per heavy atom. The molecule has 0 heterocycles. The van der Waals surface area contributed by atoms with E-state index in [1.165, 1.54) is 30.3 Å². The highest BCUT2D eigenvalue weighted by molar-refractivity contribution is 7.91. The van der Waals surface area contributed by atoms with Crippen molar-refractivity contribution >= 4 is 22.2 Å². The zero-order valence-electron chi connectivity index (χ0n) is 10.7. The summed E-state index contributed by atoms with van der Waals surface area (Å²) in [5.74, 6) is -0.468. The van der Waals surface area contributed by atoms with E-state index in [4.69, 9.17) is 15.6 Å². The van der Waals surface area contributed by atoms with Crippen molar-refractivity contribution in [3.63, 3.8) is 0 Å². The van der Waals surface area contributed by atoms with Crippen molar-refractivity contribution in [2.24, 2.45) is 5.73 Å². The zero-order valence-corrected chi connectivity index (χ0v) is 12.3. The van der Waals surface area contributed by atoms with Crippen molar-refractivity contribution < 1.29 is 22.7 Å². The normalized spacial score (nSPS) is 11.8. The summed E-state index contributed by atoms with van der Waals surface area (Å²) in [4.78, 5) is 0.0897. The molecule has 5 nitrogen and oxygen atoms in total. The van der Waals surface area contributed by atoms with E-state index < -0.39 is 22.3 Å². The summed E-state index contributed by atoms with van der Waals surface area (Å²) in [7, 11) is -3.47. The molecule has 1 rings (SSSR count). The zero-order chi connectivity index (χ0) is 14.3. The fraction of sp³-hybridized carbons (Fsp3) is 0.333. The molecule has 0 fully saturated rings. The van der Waals surface area contributed by atoms with Gasteiger partial charge in [0.15, 0.2) is 9.84 Å². The molecule has 0 radical (unpaired) electrons. The van der Waals surface area contributed by atoms with Crippen LogP contribution >= 0.6 is 12.4 Å². The van der Waals surface area contributed by atoms with Gasteiger partial charge in [-0.05, 0) is 30.3 Å². The molecule has 0 bridgehead atoms. The number of rotatable bonds is 7. The number of aliphatic hydroxyl groups excluding tert-OH is 1. The van der Waals surface area contributed by atoms with Crippen molar-refractivity contribution in [3.05, 3.63) is 36.2 Å². The van der Waals surface area contributed by atoms with E-state index in [-0.39, 0.29) is 36.2 Å². The number of halogens is 2. The lowest BCUT2D eigenvalue weighted by Crippen LogP contribution is -2.10. The summed E-state index contributed by atoms with van der Waals surface area (Å²) in [6.45, 7) is -0.594. The molecular weight excluding hydrogens is 309 g/mol. The van der Waals surface area contributed by atoms with Crippen LogP contribution in [0.4, 0.5) is 4.39 Å². The number of sulfone groups is 1. The van der Waals surface area contributed by atoms with E-state index in [1.807, 2.05) is 0 Å². The average Bonchev–Trinajstić information content (AvgIpc) is 2.37. The van der Waals surface area contributed by atoms with E-state index in [1.54, 1.807) is 0 Å². The first-order valence-corrected chi connectivity index (χ1v) is 7.26. The van der Waals surface area contributed by atoms with Gasteiger partial charge in [-0.15, -0.1) is 12.4 Å². The van der Waals surface area contributed by atoms with Crippen LogP contribution in [0.3, 0.4) is 0 Å². The van der Waals surface area contributed by atoms with Crippen molar-refractivity contribution in [2.45, 2.75) is 4.90 Å². The highest BCUT2D eigenvalue weighted by Gasteiger charge is 2.13. The Kier molecular flexibility index (Phi) is 8.40. The summed E-state index contributed by atoms with van der Waals surface area (Å²) in [5.41, 5.74) is 5.14. The van der Waals surface area contributed by atoms with Gasteiger partial charge in [-0.3, -0.25) is 0 Å². The molecule has 1 aromatic rings. The van der Waals surface area contributed by atoms with Crippen molar-refractivity contribution in [3.8, 4) is 5.75 Å². The molecular formula is C12H17ClFNO4S. The second kappa shape index (κ2) is 8.91. The van der Waals surface area contributed by atoms with Gasteiger partial charge in [0.25, 0.3) is 0 Å². The summed E-state index contributed by atoms with van der Waals surface area (Å²) in [6.07, 6.45) is 1.19. The highest BCUT2D eigenvalue weighted by Crippen LogP contribution is 2.17. The Morgan fingerprint density at radius 3 is 2.45 bits per heavy atom. The maximum absolute atomic E-state index is 13.0. The summed E-state index contributed by atoms with van der Waals surface area (Å²) in [6, 6.07) is 5.57. The van der Waals surface area contributed by atoms with Crippen LogP contribution in [0, 0.1) is 0 Å². The molecule has 0 aliphatic heterocycles. The topological polar surface area (TPSA) is 89.6 Å². The Labute approximate surface area is 123 Å². The lowest BCUT2D eigenvalue weighted by molar-refractivity contribution is 0.318. The van der Waals surface area contributed by atoms with Gasteiger partial charge in [0.05, 0.1) is 17.3 Å². The number of hydrogen-bond donors (Lipinski definition) is 2. The number of aliphatic hydroxyl groups is 1. The van der Waals surface area contributed by atoms with Crippen LogP contribution in [-0.2, 0) is 9.84 Å². The molecule has 0 unspecified atom stereocenters. The Balaban J connectivity index is 0.00000361. The lowest BCUT2D eigenvalue weighted by atomic mass is 10.3. The standard InChI is InChI=1S/C12H16FNO4S.ClH/c13-10(5-6-14)9-18-11-1-3-12(4-2-11)19(16,17)8-7-15;/h1-5,15H,6-9,14H2;1H/b10-5-;. The van der Waals surface area contributed by atoms with Gasteiger partial charge in [-0.1, -0.05) is 0 Å². The summed E-state index contributed by atoms with van der Waals surface area (Å²) < 4.78 is 41.3. The van der Waals surface area contributed by atoms with Crippen LogP contribution in [0.15, 0.2) is 41.1 Å². The lowest BCUT2D eigenvalue weighted by Gasteiger charge is -2.06. The fourth-order valence-electron chi connectivity index (χ4n) is 1.32. The minimum atomic E-state index is -3.47. The third-order valence-corrected chi connectivity index (χ3v) is 3.97. The number of nitrogens with two attached hydrogens (primary N) is 1. The number of ether oxygens (including phenoxy) is 1. The first-order valence-electron chi connectivity index (χ1n) is 5.60. The van der Waals surface area contributed by atoms with Crippen LogP contribution in [-0.4, -0.2) is 39.0 Å². The molecule has 0 aromatic heterocycles. The number of benzene rings is 1. The van der Waals surface area contributed by atoms with Gasteiger partial charge in [0, 0.05) is 6.54 Å². The largest absolute Gasteiger partial charge is 0.487 e. The van der Waals surface area contributed by atoms with E-state index in [2.05, 4.69) is 0 Å². The average molecular weight is 326 g/mol. The van der Waals surface area contributed by atoms with Gasteiger partial charge in [-0.25, -0.2) is 12.8 Å². The van der Waals surface area contributed by atoms with Gasteiger partial charge < -0.3 is 15.6 Å². The maximum Gasteiger partial charge on any atom is 0.180 e. The molecule has 8 heteroatoms. The van der Waals surface area contributed by atoms with Crippen LogP contribution in [0.1, 0.15) is 0 Å². The predicted molar refractivity (Wildman–Crippen MR) is 76.6 cm³/mol. The van der Waals surface area contributed by atoms with Crippen molar-refractivity contribution in [2.75, 3.05) is 25.5 Å². The summed E-state index contributed by atoms with van der Waals surface area (Å²) >= 11 is 0. The Morgan fingerprint density at radius 2 is 1.95 bits per heavy atom. The molecule has 0 atom stereocenters. The van der Waals surface area contributed by atoms with E-state index in [0.717, 1.165) is 0 Å². The molecule has 114 valence electrons. The quantitative estimate of drug-likeness (QED) is 0.782. The molecule has 1 aromatic carbocycles. The SMILES string of the molecule is Cl.NC/C=C(\F)COc1ccc(S(=O)(=O)CCO)cc1. The first-order chi connectivity index (χ1) is 8.99. The monoisotopic (exact) mass is 325 g/mol. The molecule has 0 spiro atoms. The molecule has 3 N–H and O–H groups in total. The molecule has 0 amide bonds. The fourth-order valence-corrected chi connectivity index (χ4v) is 2.35. The second-order valence-electron chi connectivity index (χ2n) is 3.69. The van der Waals surface area contributed by atoms with E-state index in [9.17, 15) is 12.8 Å².